The lowest BCUT2D eigenvalue weighted by atomic mass is 9.88. The zero-order valence-electron chi connectivity index (χ0n) is 19.9. The van der Waals surface area contributed by atoms with Gasteiger partial charge in [-0.3, -0.25) is 0 Å². The molecule has 0 radical (unpaired) electrons. The lowest BCUT2D eigenvalue weighted by Gasteiger charge is -2.22. The number of pyridine rings is 1. The quantitative estimate of drug-likeness (QED) is 0.434. The highest BCUT2D eigenvalue weighted by atomic mass is 16.7. The Bertz CT molecular complexity index is 1480. The van der Waals surface area contributed by atoms with Gasteiger partial charge in [-0.2, -0.15) is 4.57 Å². The molecule has 2 aliphatic rings. The highest BCUT2D eigenvalue weighted by molar-refractivity contribution is 5.98. The zero-order chi connectivity index (χ0) is 24.1. The summed E-state index contributed by atoms with van der Waals surface area (Å²) in [6.07, 6.45) is 1.35. The number of rotatable bonds is 5. The monoisotopic (exact) mass is 472 g/mol. The van der Waals surface area contributed by atoms with Crippen LogP contribution in [0.4, 0.5) is 0 Å². The Kier molecular flexibility index (Phi) is 5.06. The van der Waals surface area contributed by atoms with E-state index in [1.165, 1.54) is 0 Å². The molecule has 178 valence electrons. The number of nitrogens with zero attached hydrogens (tertiary/aromatic N) is 1. The average molecular weight is 473 g/mol. The zero-order valence-corrected chi connectivity index (χ0v) is 19.9. The molecule has 3 aromatic carbocycles. The lowest BCUT2D eigenvalue weighted by Crippen LogP contribution is -2.41. The Morgan fingerprint density at radius 2 is 1.69 bits per heavy atom. The van der Waals surface area contributed by atoms with E-state index in [2.05, 4.69) is 12.1 Å². The number of fused-ring (bicyclic) bond motifs is 5. The molecule has 1 N–H and O–H groups in total. The van der Waals surface area contributed by atoms with Crippen LogP contribution in [0.15, 0.2) is 48.5 Å². The molecular formula is C28H26NO6+. The summed E-state index contributed by atoms with van der Waals surface area (Å²) in [4.78, 5) is 0. The first-order chi connectivity index (χ1) is 17.1. The summed E-state index contributed by atoms with van der Waals surface area (Å²) in [5, 5.41) is 13.1. The van der Waals surface area contributed by atoms with Crippen LogP contribution in [-0.4, -0.2) is 33.2 Å². The second-order valence-corrected chi connectivity index (χ2v) is 8.63. The molecule has 0 fully saturated rings. The molecule has 0 unspecified atom stereocenters. The molecule has 6 rings (SSSR count). The van der Waals surface area contributed by atoms with Gasteiger partial charge in [0.2, 0.25) is 12.5 Å². The van der Waals surface area contributed by atoms with Crippen molar-refractivity contribution in [3.05, 3.63) is 65.2 Å². The van der Waals surface area contributed by atoms with Crippen molar-refractivity contribution < 1.29 is 33.4 Å². The van der Waals surface area contributed by atoms with Gasteiger partial charge in [0, 0.05) is 23.8 Å². The van der Waals surface area contributed by atoms with Crippen LogP contribution >= 0.6 is 0 Å². The standard InChI is InChI=1S/C28H25NO6/c1-31-21-7-5-4-6-17(21)12-20-18-8-9-22(32-2)27(33-3)25(18)28(30)29-11-10-16-13-23-24(35-15-34-23)14-19(16)26(20)29/h4-9,13-14H,10-12,15H2,1-3H3/p+1. The van der Waals surface area contributed by atoms with E-state index in [1.54, 1.807) is 21.3 Å². The molecule has 0 bridgehead atoms. The van der Waals surface area contributed by atoms with Gasteiger partial charge in [-0.15, -0.1) is 0 Å². The summed E-state index contributed by atoms with van der Waals surface area (Å²) in [7, 11) is 4.87. The average Bonchev–Trinajstić information content (AvgIpc) is 3.36. The minimum Gasteiger partial charge on any atom is -0.496 e. The molecule has 7 nitrogen and oxygen atoms in total. The molecular weight excluding hydrogens is 446 g/mol. The van der Waals surface area contributed by atoms with Crippen molar-refractivity contribution >= 4 is 10.8 Å². The van der Waals surface area contributed by atoms with Crippen LogP contribution in [0.25, 0.3) is 22.0 Å². The van der Waals surface area contributed by atoms with Crippen molar-refractivity contribution in [2.75, 3.05) is 28.1 Å². The molecule has 0 amide bonds. The molecule has 4 aromatic rings. The highest BCUT2D eigenvalue weighted by Crippen LogP contribution is 2.47. The first-order valence-electron chi connectivity index (χ1n) is 11.5. The Balaban J connectivity index is 1.70. The number of methoxy groups -OCH3 is 3. The number of para-hydroxylation sites is 1. The predicted molar refractivity (Wildman–Crippen MR) is 130 cm³/mol. The Labute approximate surface area is 203 Å². The fraction of sp³-hybridized carbons (Fsp3) is 0.250. The third-order valence-electron chi connectivity index (χ3n) is 6.92. The van der Waals surface area contributed by atoms with E-state index in [9.17, 15) is 5.11 Å². The molecule has 0 spiro atoms. The second-order valence-electron chi connectivity index (χ2n) is 8.63. The number of benzene rings is 3. The first kappa shape index (κ1) is 21.4. The molecule has 0 saturated carbocycles. The first-order valence-corrected chi connectivity index (χ1v) is 11.5. The van der Waals surface area contributed by atoms with Crippen LogP contribution in [-0.2, 0) is 19.4 Å². The van der Waals surface area contributed by atoms with Crippen LogP contribution < -0.4 is 28.3 Å². The Hall–Kier alpha value is -4.13. The van der Waals surface area contributed by atoms with Crippen molar-refractivity contribution in [2.45, 2.75) is 19.4 Å². The van der Waals surface area contributed by atoms with Crippen molar-refractivity contribution in [2.24, 2.45) is 0 Å². The molecule has 1 aromatic heterocycles. The number of hydrogen-bond donors (Lipinski definition) is 1. The molecule has 0 atom stereocenters. The van der Waals surface area contributed by atoms with Crippen LogP contribution in [0.1, 0.15) is 16.7 Å². The maximum Gasteiger partial charge on any atom is 0.377 e. The minimum absolute atomic E-state index is 0.151. The van der Waals surface area contributed by atoms with E-state index in [0.717, 1.165) is 51.3 Å². The number of aromatic hydroxyl groups is 1. The van der Waals surface area contributed by atoms with Crippen LogP contribution in [0.5, 0.6) is 34.6 Å². The van der Waals surface area contributed by atoms with Gasteiger partial charge in [0.25, 0.3) is 0 Å². The van der Waals surface area contributed by atoms with E-state index in [0.29, 0.717) is 35.6 Å². The smallest absolute Gasteiger partial charge is 0.377 e. The van der Waals surface area contributed by atoms with Gasteiger partial charge in [0.15, 0.2) is 29.5 Å². The van der Waals surface area contributed by atoms with Crippen molar-refractivity contribution in [3.63, 3.8) is 0 Å². The van der Waals surface area contributed by atoms with Gasteiger partial charge in [0.05, 0.1) is 26.9 Å². The van der Waals surface area contributed by atoms with E-state index in [-0.39, 0.29) is 12.7 Å². The van der Waals surface area contributed by atoms with E-state index < -0.39 is 0 Å². The summed E-state index contributed by atoms with van der Waals surface area (Å²) >= 11 is 0. The van der Waals surface area contributed by atoms with Crippen LogP contribution in [0, 0.1) is 0 Å². The van der Waals surface area contributed by atoms with E-state index in [4.69, 9.17) is 23.7 Å². The van der Waals surface area contributed by atoms with Gasteiger partial charge in [-0.25, -0.2) is 0 Å². The fourth-order valence-corrected chi connectivity index (χ4v) is 5.32. The predicted octanol–water partition coefficient (Wildman–Crippen LogP) is 4.40. The molecule has 0 saturated heterocycles. The third kappa shape index (κ3) is 3.22. The van der Waals surface area contributed by atoms with Crippen molar-refractivity contribution in [1.82, 2.24) is 0 Å². The highest BCUT2D eigenvalue weighted by Gasteiger charge is 2.36. The minimum atomic E-state index is 0.151. The van der Waals surface area contributed by atoms with Gasteiger partial charge in [0.1, 0.15) is 11.1 Å². The van der Waals surface area contributed by atoms with Crippen LogP contribution in [0.2, 0.25) is 0 Å². The molecule has 7 heteroatoms. The topological polar surface area (TPSA) is 70.3 Å². The van der Waals surface area contributed by atoms with Crippen LogP contribution in [0.3, 0.4) is 0 Å². The summed E-state index contributed by atoms with van der Waals surface area (Å²) in [5.74, 6) is 3.52. The number of aryl methyl sites for hydroxylation is 1. The summed E-state index contributed by atoms with van der Waals surface area (Å²) in [6.45, 7) is 0.829. The van der Waals surface area contributed by atoms with Gasteiger partial charge in [-0.05, 0) is 41.5 Å². The number of aromatic nitrogens is 1. The Morgan fingerprint density at radius 1 is 0.914 bits per heavy atom. The van der Waals surface area contributed by atoms with Gasteiger partial charge < -0.3 is 28.8 Å². The maximum atomic E-state index is 11.6. The van der Waals surface area contributed by atoms with Crippen molar-refractivity contribution in [1.29, 1.82) is 0 Å². The Morgan fingerprint density at radius 3 is 2.46 bits per heavy atom. The van der Waals surface area contributed by atoms with E-state index in [1.807, 2.05) is 41.0 Å². The summed E-state index contributed by atoms with van der Waals surface area (Å²) < 4.78 is 30.3. The summed E-state index contributed by atoms with van der Waals surface area (Å²) in [5.41, 5.74) is 5.25. The maximum absolute atomic E-state index is 11.6. The summed E-state index contributed by atoms with van der Waals surface area (Å²) in [6, 6.07) is 16.0. The fourth-order valence-electron chi connectivity index (χ4n) is 5.32. The SMILES string of the molecule is COc1ccccc1Cc1c2[n+](c(O)c3c(OC)c(OC)ccc13)CCc1cc3c(cc1-2)OCO3. The molecule has 35 heavy (non-hydrogen) atoms. The normalized spacial score (nSPS) is 13.3. The lowest BCUT2D eigenvalue weighted by molar-refractivity contribution is -0.692. The largest absolute Gasteiger partial charge is 0.496 e. The molecule has 3 heterocycles. The van der Waals surface area contributed by atoms with Crippen molar-refractivity contribution in [3.8, 4) is 45.9 Å². The molecule has 0 aliphatic carbocycles. The van der Waals surface area contributed by atoms with E-state index >= 15 is 0 Å². The molecule has 2 aliphatic heterocycles. The third-order valence-corrected chi connectivity index (χ3v) is 6.92. The van der Waals surface area contributed by atoms with Gasteiger partial charge in [-0.1, -0.05) is 18.2 Å². The second kappa shape index (κ2) is 8.27. The van der Waals surface area contributed by atoms with Gasteiger partial charge >= 0.3 is 5.88 Å². The number of ether oxygens (including phenoxy) is 5. The number of hydrogen-bond acceptors (Lipinski definition) is 6.